The topological polar surface area (TPSA) is 55.0 Å². The van der Waals surface area contributed by atoms with Crippen molar-refractivity contribution < 1.29 is 9.53 Å². The highest BCUT2D eigenvalue weighted by Crippen LogP contribution is 2.32. The van der Waals surface area contributed by atoms with Gasteiger partial charge in [0.25, 0.3) is 0 Å². The van der Waals surface area contributed by atoms with Gasteiger partial charge in [-0.15, -0.1) is 0 Å². The molecule has 0 aromatic carbocycles. The average molecular weight is 234 g/mol. The third kappa shape index (κ3) is 2.08. The van der Waals surface area contributed by atoms with Crippen LogP contribution in [-0.4, -0.2) is 22.8 Å². The van der Waals surface area contributed by atoms with Crippen molar-refractivity contribution in [1.29, 1.82) is 0 Å². The summed E-state index contributed by atoms with van der Waals surface area (Å²) >= 11 is 0. The molecule has 1 heterocycles. The molecule has 4 nitrogen and oxygen atoms in total. The van der Waals surface area contributed by atoms with Crippen LogP contribution in [0.25, 0.3) is 0 Å². The first-order chi connectivity index (χ1) is 8.34. The molecule has 0 radical (unpaired) electrons. The third-order valence-electron chi connectivity index (χ3n) is 4.01. The fourth-order valence-electron chi connectivity index (χ4n) is 2.66. The van der Waals surface area contributed by atoms with E-state index in [1.807, 2.05) is 6.20 Å². The molecule has 1 N–H and O–H groups in total. The van der Waals surface area contributed by atoms with Crippen molar-refractivity contribution in [2.75, 3.05) is 6.61 Å². The van der Waals surface area contributed by atoms with Crippen LogP contribution in [0.4, 0.5) is 0 Å². The maximum absolute atomic E-state index is 12.0. The highest BCUT2D eigenvalue weighted by atomic mass is 16.5. The van der Waals surface area contributed by atoms with Crippen molar-refractivity contribution in [3.63, 3.8) is 0 Å². The Morgan fingerprint density at radius 2 is 2.29 bits per heavy atom. The number of aromatic nitrogens is 2. The van der Waals surface area contributed by atoms with Gasteiger partial charge in [-0.2, -0.15) is 5.10 Å². The molecule has 2 aliphatic carbocycles. The molecule has 17 heavy (non-hydrogen) atoms. The smallest absolute Gasteiger partial charge is 0.315 e. The van der Waals surface area contributed by atoms with E-state index in [4.69, 9.17) is 4.74 Å². The quantitative estimate of drug-likeness (QED) is 0.815. The number of nitrogens with one attached hydrogen (secondary N) is 1. The van der Waals surface area contributed by atoms with Crippen molar-refractivity contribution in [3.05, 3.63) is 17.5 Å². The van der Waals surface area contributed by atoms with Gasteiger partial charge in [-0.25, -0.2) is 0 Å². The lowest BCUT2D eigenvalue weighted by Crippen LogP contribution is -2.25. The van der Waals surface area contributed by atoms with Gasteiger partial charge in [-0.05, 0) is 43.6 Å². The van der Waals surface area contributed by atoms with Crippen LogP contribution in [0.2, 0.25) is 0 Å². The molecule has 1 atom stereocenters. The van der Waals surface area contributed by atoms with Gasteiger partial charge in [-0.1, -0.05) is 6.42 Å². The number of carbonyl (C=O) groups excluding carboxylic acids is 1. The van der Waals surface area contributed by atoms with Crippen LogP contribution in [0, 0.1) is 5.92 Å². The summed E-state index contributed by atoms with van der Waals surface area (Å²) < 4.78 is 5.42. The van der Waals surface area contributed by atoms with Gasteiger partial charge in [0.1, 0.15) is 0 Å². The lowest BCUT2D eigenvalue weighted by atomic mass is 9.86. The number of rotatable bonds is 3. The fourth-order valence-corrected chi connectivity index (χ4v) is 2.66. The fraction of sp³-hybridized carbons (Fsp3) is 0.692. The van der Waals surface area contributed by atoms with E-state index >= 15 is 0 Å². The van der Waals surface area contributed by atoms with Gasteiger partial charge in [0.15, 0.2) is 0 Å². The Kier molecular flexibility index (Phi) is 2.87. The number of ether oxygens (including phenoxy) is 1. The molecule has 0 bridgehead atoms. The molecule has 0 amide bonds. The standard InChI is InChI=1S/C13H18N2O2/c16-13(17-8-9-3-1-4-9)11-6-2-5-10-7-14-15-12(10)11/h7,9,11H,1-6,8H2,(H,14,15). The molecule has 0 saturated heterocycles. The molecule has 3 rings (SSSR count). The van der Waals surface area contributed by atoms with Gasteiger partial charge in [-0.3, -0.25) is 9.89 Å². The van der Waals surface area contributed by atoms with E-state index in [1.54, 1.807) is 0 Å². The van der Waals surface area contributed by atoms with Crippen LogP contribution in [0.3, 0.4) is 0 Å². The molecule has 0 spiro atoms. The average Bonchev–Trinajstić information content (AvgIpc) is 2.74. The molecular formula is C13H18N2O2. The summed E-state index contributed by atoms with van der Waals surface area (Å²) in [6.07, 6.45) is 8.52. The van der Waals surface area contributed by atoms with Gasteiger partial charge in [0.05, 0.1) is 24.4 Å². The van der Waals surface area contributed by atoms with E-state index in [9.17, 15) is 4.79 Å². The first-order valence-corrected chi connectivity index (χ1v) is 6.53. The lowest BCUT2D eigenvalue weighted by molar-refractivity contribution is -0.148. The van der Waals surface area contributed by atoms with Crippen molar-refractivity contribution in [1.82, 2.24) is 10.2 Å². The van der Waals surface area contributed by atoms with Crippen LogP contribution >= 0.6 is 0 Å². The number of hydrogen-bond acceptors (Lipinski definition) is 3. The molecule has 1 unspecified atom stereocenters. The predicted molar refractivity (Wildman–Crippen MR) is 62.6 cm³/mol. The summed E-state index contributed by atoms with van der Waals surface area (Å²) in [6.45, 7) is 0.610. The summed E-state index contributed by atoms with van der Waals surface area (Å²) in [5.41, 5.74) is 2.16. The Labute approximate surface area is 101 Å². The van der Waals surface area contributed by atoms with Crippen LogP contribution < -0.4 is 0 Å². The highest BCUT2D eigenvalue weighted by Gasteiger charge is 2.30. The maximum Gasteiger partial charge on any atom is 0.315 e. The largest absolute Gasteiger partial charge is 0.465 e. The second kappa shape index (κ2) is 4.51. The minimum absolute atomic E-state index is 0.0675. The molecular weight excluding hydrogens is 216 g/mol. The van der Waals surface area contributed by atoms with Crippen LogP contribution in [-0.2, 0) is 16.0 Å². The van der Waals surface area contributed by atoms with E-state index < -0.39 is 0 Å². The van der Waals surface area contributed by atoms with Crippen LogP contribution in [0.15, 0.2) is 6.20 Å². The third-order valence-corrected chi connectivity index (χ3v) is 4.01. The summed E-state index contributed by atoms with van der Waals surface area (Å²) in [5, 5.41) is 6.98. The summed E-state index contributed by atoms with van der Waals surface area (Å²) in [6, 6.07) is 0. The Morgan fingerprint density at radius 3 is 3.06 bits per heavy atom. The zero-order chi connectivity index (χ0) is 11.7. The van der Waals surface area contributed by atoms with Gasteiger partial charge in [0.2, 0.25) is 0 Å². The SMILES string of the molecule is O=C(OCC1CCC1)C1CCCc2cn[nH]c21. The van der Waals surface area contributed by atoms with Crippen molar-refractivity contribution in [2.45, 2.75) is 44.4 Å². The first-order valence-electron chi connectivity index (χ1n) is 6.53. The molecule has 4 heteroatoms. The Morgan fingerprint density at radius 1 is 1.41 bits per heavy atom. The maximum atomic E-state index is 12.0. The Hall–Kier alpha value is -1.32. The van der Waals surface area contributed by atoms with E-state index in [-0.39, 0.29) is 11.9 Å². The van der Waals surface area contributed by atoms with E-state index in [0.29, 0.717) is 12.5 Å². The Balaban J connectivity index is 1.62. The van der Waals surface area contributed by atoms with Crippen molar-refractivity contribution >= 4 is 5.97 Å². The summed E-state index contributed by atoms with van der Waals surface area (Å²) in [7, 11) is 0. The van der Waals surface area contributed by atoms with Crippen molar-refractivity contribution in [3.8, 4) is 0 Å². The summed E-state index contributed by atoms with van der Waals surface area (Å²) in [5.74, 6) is 0.437. The monoisotopic (exact) mass is 234 g/mol. The number of esters is 1. The number of aryl methyl sites for hydroxylation is 1. The molecule has 1 aromatic rings. The molecule has 1 saturated carbocycles. The number of aromatic amines is 1. The van der Waals surface area contributed by atoms with Gasteiger partial charge < -0.3 is 4.74 Å². The van der Waals surface area contributed by atoms with Crippen LogP contribution in [0.5, 0.6) is 0 Å². The van der Waals surface area contributed by atoms with E-state index in [2.05, 4.69) is 10.2 Å². The lowest BCUT2D eigenvalue weighted by Gasteiger charge is -2.26. The van der Waals surface area contributed by atoms with E-state index in [1.165, 1.54) is 24.8 Å². The molecule has 0 aliphatic heterocycles. The zero-order valence-corrected chi connectivity index (χ0v) is 9.95. The summed E-state index contributed by atoms with van der Waals surface area (Å²) in [4.78, 5) is 12.0. The van der Waals surface area contributed by atoms with Gasteiger partial charge in [0, 0.05) is 0 Å². The Bertz CT molecular complexity index is 409. The molecule has 1 fully saturated rings. The number of nitrogens with zero attached hydrogens (tertiary/aromatic N) is 1. The van der Waals surface area contributed by atoms with Gasteiger partial charge >= 0.3 is 5.97 Å². The molecule has 1 aromatic heterocycles. The number of H-pyrrole nitrogens is 1. The minimum atomic E-state index is -0.110. The highest BCUT2D eigenvalue weighted by molar-refractivity contribution is 5.78. The number of fused-ring (bicyclic) bond motifs is 1. The zero-order valence-electron chi connectivity index (χ0n) is 9.95. The second-order valence-corrected chi connectivity index (χ2v) is 5.18. The number of hydrogen-bond donors (Lipinski definition) is 1. The first kappa shape index (κ1) is 10.8. The van der Waals surface area contributed by atoms with Crippen LogP contribution in [0.1, 0.15) is 49.3 Å². The predicted octanol–water partition coefficient (Wildman–Crippen LogP) is 2.17. The molecule has 92 valence electrons. The van der Waals surface area contributed by atoms with E-state index in [0.717, 1.165) is 25.0 Å². The number of carbonyl (C=O) groups is 1. The normalized spacial score (nSPS) is 23.9. The molecule has 2 aliphatic rings. The van der Waals surface area contributed by atoms with Crippen molar-refractivity contribution in [2.24, 2.45) is 5.92 Å². The second-order valence-electron chi connectivity index (χ2n) is 5.18. The minimum Gasteiger partial charge on any atom is -0.465 e.